The number of nitrogens with zero attached hydrogens (tertiary/aromatic N) is 2. The molecule has 0 saturated heterocycles. The number of ether oxygens (including phenoxy) is 2. The summed E-state index contributed by atoms with van der Waals surface area (Å²) in [5, 5.41) is 10.8. The molecule has 1 heterocycles. The number of methoxy groups -OCH3 is 2. The van der Waals surface area contributed by atoms with Crippen molar-refractivity contribution in [3.63, 3.8) is 0 Å². The second-order valence-electron chi connectivity index (χ2n) is 6.79. The third-order valence-corrected chi connectivity index (χ3v) is 5.06. The zero-order chi connectivity index (χ0) is 21.8. The van der Waals surface area contributed by atoms with Gasteiger partial charge >= 0.3 is 0 Å². The largest absolute Gasteiger partial charge is 0.497 e. The highest BCUT2D eigenvalue weighted by molar-refractivity contribution is 7.71. The summed E-state index contributed by atoms with van der Waals surface area (Å²) >= 11 is 5.26. The Labute approximate surface area is 179 Å². The van der Waals surface area contributed by atoms with Crippen LogP contribution in [0.15, 0.2) is 46.2 Å². The monoisotopic (exact) mass is 425 g/mol. The van der Waals surface area contributed by atoms with Crippen LogP contribution in [0.3, 0.4) is 0 Å². The topological polar surface area (TPSA) is 88.8 Å². The van der Waals surface area contributed by atoms with Crippen molar-refractivity contribution in [2.24, 2.45) is 4.99 Å². The van der Waals surface area contributed by atoms with E-state index in [9.17, 15) is 9.90 Å². The number of nitrogens with one attached hydrogen (secondary N) is 1. The third-order valence-electron chi connectivity index (χ3n) is 4.78. The first-order valence-corrected chi connectivity index (χ1v) is 9.62. The van der Waals surface area contributed by atoms with Crippen LogP contribution in [-0.2, 0) is 6.54 Å². The van der Waals surface area contributed by atoms with Crippen molar-refractivity contribution in [1.82, 2.24) is 9.55 Å². The number of aromatic nitrogens is 2. The Morgan fingerprint density at radius 3 is 2.37 bits per heavy atom. The van der Waals surface area contributed by atoms with E-state index in [0.29, 0.717) is 17.2 Å². The van der Waals surface area contributed by atoms with E-state index >= 15 is 0 Å². The summed E-state index contributed by atoms with van der Waals surface area (Å²) in [7, 11) is 3.14. The highest BCUT2D eigenvalue weighted by Gasteiger charge is 2.13. The number of aryl methyl sites for hydroxylation is 2. The molecule has 1 aromatic heterocycles. The van der Waals surface area contributed by atoms with E-state index < -0.39 is 5.56 Å². The van der Waals surface area contributed by atoms with Gasteiger partial charge < -0.3 is 14.6 Å². The van der Waals surface area contributed by atoms with Crippen molar-refractivity contribution in [3.05, 3.63) is 73.8 Å². The molecule has 7 nitrogen and oxygen atoms in total. The Morgan fingerprint density at radius 2 is 1.77 bits per heavy atom. The van der Waals surface area contributed by atoms with E-state index in [4.69, 9.17) is 21.7 Å². The van der Waals surface area contributed by atoms with Crippen LogP contribution in [0.1, 0.15) is 22.3 Å². The van der Waals surface area contributed by atoms with E-state index in [2.05, 4.69) is 9.98 Å². The lowest BCUT2D eigenvalue weighted by molar-refractivity contribution is 0.393. The van der Waals surface area contributed by atoms with Crippen LogP contribution in [-0.4, -0.2) is 35.1 Å². The van der Waals surface area contributed by atoms with Gasteiger partial charge in [-0.05, 0) is 67.0 Å². The predicted molar refractivity (Wildman–Crippen MR) is 119 cm³/mol. The molecule has 0 unspecified atom stereocenters. The average Bonchev–Trinajstić information content (AvgIpc) is 2.72. The molecule has 0 aliphatic carbocycles. The lowest BCUT2D eigenvalue weighted by Crippen LogP contribution is -2.18. The molecule has 156 valence electrons. The van der Waals surface area contributed by atoms with Crippen molar-refractivity contribution in [1.29, 1.82) is 0 Å². The maximum absolute atomic E-state index is 12.4. The van der Waals surface area contributed by atoms with Crippen LogP contribution in [0.2, 0.25) is 0 Å². The molecular weight excluding hydrogens is 402 g/mol. The highest BCUT2D eigenvalue weighted by Crippen LogP contribution is 2.24. The number of aliphatic imine (C=N–C) groups is 1. The lowest BCUT2D eigenvalue weighted by Gasteiger charge is -2.12. The Bertz CT molecular complexity index is 1210. The van der Waals surface area contributed by atoms with Gasteiger partial charge in [0.2, 0.25) is 5.88 Å². The van der Waals surface area contributed by atoms with E-state index in [1.807, 2.05) is 44.2 Å². The first-order valence-electron chi connectivity index (χ1n) is 9.21. The molecule has 0 radical (unpaired) electrons. The molecule has 0 spiro atoms. The smallest absolute Gasteiger partial charge is 0.264 e. The zero-order valence-electron chi connectivity index (χ0n) is 17.2. The summed E-state index contributed by atoms with van der Waals surface area (Å²) in [4.78, 5) is 19.3. The SMILES string of the molecule is COc1cc(CN=Cc2c(O)n(-c3ccc(C)c(C)c3)c(=S)[nH]c2=O)cc(OC)c1. The van der Waals surface area contributed by atoms with Crippen molar-refractivity contribution in [3.8, 4) is 23.1 Å². The summed E-state index contributed by atoms with van der Waals surface area (Å²) < 4.78 is 12.0. The molecule has 3 aromatic rings. The summed E-state index contributed by atoms with van der Waals surface area (Å²) in [6.45, 7) is 4.23. The number of hydrogen-bond acceptors (Lipinski definition) is 6. The highest BCUT2D eigenvalue weighted by atomic mass is 32.1. The molecule has 0 fully saturated rings. The Balaban J connectivity index is 1.98. The molecule has 0 amide bonds. The zero-order valence-corrected chi connectivity index (χ0v) is 18.0. The van der Waals surface area contributed by atoms with E-state index in [0.717, 1.165) is 16.7 Å². The van der Waals surface area contributed by atoms with Crippen LogP contribution < -0.4 is 15.0 Å². The van der Waals surface area contributed by atoms with Gasteiger partial charge in [0.15, 0.2) is 4.77 Å². The molecule has 0 aliphatic rings. The predicted octanol–water partition coefficient (Wildman–Crippen LogP) is 3.85. The van der Waals surface area contributed by atoms with E-state index in [-0.39, 0.29) is 22.8 Å². The first kappa shape index (κ1) is 21.3. The van der Waals surface area contributed by atoms with Crippen molar-refractivity contribution in [2.75, 3.05) is 14.2 Å². The molecule has 0 saturated carbocycles. The van der Waals surface area contributed by atoms with E-state index in [1.165, 1.54) is 10.8 Å². The second kappa shape index (κ2) is 8.96. The standard InChI is InChI=1S/C22H23N3O4S/c1-13-5-6-16(7-14(13)2)25-21(27)19(20(26)24-22(25)30)12-23-11-15-8-17(28-3)10-18(9-15)29-4/h5-10,12,27H,11H2,1-4H3,(H,24,26,30). The van der Waals surface area contributed by atoms with Gasteiger partial charge in [-0.1, -0.05) is 6.07 Å². The quantitative estimate of drug-likeness (QED) is 0.463. The minimum absolute atomic E-state index is 0.0247. The van der Waals surface area contributed by atoms with Crippen LogP contribution in [0.5, 0.6) is 17.4 Å². The fourth-order valence-corrected chi connectivity index (χ4v) is 3.24. The third kappa shape index (κ3) is 4.44. The van der Waals surface area contributed by atoms with Crippen LogP contribution in [0.25, 0.3) is 5.69 Å². The fraction of sp³-hybridized carbons (Fsp3) is 0.227. The molecule has 0 aliphatic heterocycles. The molecule has 0 bridgehead atoms. The van der Waals surface area contributed by atoms with Gasteiger partial charge in [-0.25, -0.2) is 0 Å². The lowest BCUT2D eigenvalue weighted by atomic mass is 10.1. The maximum Gasteiger partial charge on any atom is 0.264 e. The summed E-state index contributed by atoms with van der Waals surface area (Å²) in [5.74, 6) is 1.02. The number of hydrogen-bond donors (Lipinski definition) is 2. The number of aromatic amines is 1. The molecule has 30 heavy (non-hydrogen) atoms. The van der Waals surface area contributed by atoms with Gasteiger partial charge in [0.1, 0.15) is 17.1 Å². The summed E-state index contributed by atoms with van der Waals surface area (Å²) in [5.41, 5.74) is 3.16. The van der Waals surface area contributed by atoms with Gasteiger partial charge in [-0.15, -0.1) is 0 Å². The Hall–Kier alpha value is -3.39. The normalized spacial score (nSPS) is 11.1. The molecule has 2 aromatic carbocycles. The van der Waals surface area contributed by atoms with E-state index in [1.54, 1.807) is 20.3 Å². The second-order valence-corrected chi connectivity index (χ2v) is 7.18. The minimum atomic E-state index is -0.510. The summed E-state index contributed by atoms with van der Waals surface area (Å²) in [6.07, 6.45) is 1.34. The molecule has 0 atom stereocenters. The van der Waals surface area contributed by atoms with Crippen molar-refractivity contribution < 1.29 is 14.6 Å². The number of rotatable bonds is 6. The Morgan fingerprint density at radius 1 is 1.10 bits per heavy atom. The average molecular weight is 426 g/mol. The van der Waals surface area contributed by atoms with Gasteiger partial charge in [0, 0.05) is 12.3 Å². The van der Waals surface area contributed by atoms with Crippen LogP contribution in [0.4, 0.5) is 0 Å². The number of benzene rings is 2. The number of H-pyrrole nitrogens is 1. The molecular formula is C22H23N3O4S. The van der Waals surface area contributed by atoms with Crippen molar-refractivity contribution in [2.45, 2.75) is 20.4 Å². The molecule has 3 rings (SSSR count). The van der Waals surface area contributed by atoms with Crippen LogP contribution in [0, 0.1) is 18.6 Å². The van der Waals surface area contributed by atoms with Gasteiger partial charge in [-0.2, -0.15) is 0 Å². The summed E-state index contributed by atoms with van der Waals surface area (Å²) in [6, 6.07) is 11.1. The molecule has 2 N–H and O–H groups in total. The van der Waals surface area contributed by atoms with Gasteiger partial charge in [-0.3, -0.25) is 19.3 Å². The van der Waals surface area contributed by atoms with Crippen LogP contribution >= 0.6 is 12.2 Å². The molecule has 8 heteroatoms. The van der Waals surface area contributed by atoms with Gasteiger partial charge in [0.25, 0.3) is 5.56 Å². The minimum Gasteiger partial charge on any atom is -0.497 e. The van der Waals surface area contributed by atoms with Gasteiger partial charge in [0.05, 0.1) is 26.5 Å². The van der Waals surface area contributed by atoms with Crippen molar-refractivity contribution >= 4 is 18.4 Å². The maximum atomic E-state index is 12.4. The Kier molecular flexibility index (Phi) is 6.37. The fourth-order valence-electron chi connectivity index (χ4n) is 2.96. The number of aromatic hydroxyl groups is 1. The first-order chi connectivity index (χ1) is 14.3.